The van der Waals surface area contributed by atoms with Gasteiger partial charge < -0.3 is 9.64 Å². The highest BCUT2D eigenvalue weighted by molar-refractivity contribution is 5.87. The SMILES string of the molecule is COC(=O)CN1CCC2(CC1)C[C@H](c1ccccc1)C(=O)N2C. The molecule has 2 heterocycles. The van der Waals surface area contributed by atoms with Crippen LogP contribution in [0.15, 0.2) is 30.3 Å². The summed E-state index contributed by atoms with van der Waals surface area (Å²) in [4.78, 5) is 28.2. The van der Waals surface area contributed by atoms with Crippen LogP contribution in [0.2, 0.25) is 0 Å². The van der Waals surface area contributed by atoms with Crippen molar-refractivity contribution < 1.29 is 14.3 Å². The topological polar surface area (TPSA) is 49.9 Å². The van der Waals surface area contributed by atoms with Crippen LogP contribution in [0.5, 0.6) is 0 Å². The lowest BCUT2D eigenvalue weighted by atomic mass is 9.81. The van der Waals surface area contributed by atoms with E-state index >= 15 is 0 Å². The monoisotopic (exact) mass is 316 g/mol. The lowest BCUT2D eigenvalue weighted by Gasteiger charge is -2.43. The lowest BCUT2D eigenvalue weighted by Crippen LogP contribution is -2.52. The smallest absolute Gasteiger partial charge is 0.319 e. The Balaban J connectivity index is 1.69. The highest BCUT2D eigenvalue weighted by Gasteiger charge is 2.50. The molecule has 1 spiro atoms. The maximum absolute atomic E-state index is 12.7. The molecule has 0 radical (unpaired) electrons. The number of rotatable bonds is 3. The minimum absolute atomic E-state index is 0.0339. The number of benzene rings is 1. The van der Waals surface area contributed by atoms with Crippen molar-refractivity contribution in [2.75, 3.05) is 33.8 Å². The predicted molar refractivity (Wildman–Crippen MR) is 87.0 cm³/mol. The van der Waals surface area contributed by atoms with E-state index in [2.05, 4.69) is 4.90 Å². The van der Waals surface area contributed by atoms with Crippen LogP contribution in [0.4, 0.5) is 0 Å². The number of ether oxygens (including phenoxy) is 1. The molecule has 1 atom stereocenters. The molecule has 2 fully saturated rings. The first-order valence-electron chi connectivity index (χ1n) is 8.17. The molecule has 0 saturated carbocycles. The number of piperidine rings is 1. The summed E-state index contributed by atoms with van der Waals surface area (Å²) < 4.78 is 4.74. The van der Waals surface area contributed by atoms with E-state index in [0.717, 1.165) is 37.9 Å². The molecule has 2 saturated heterocycles. The first-order chi connectivity index (χ1) is 11.1. The van der Waals surface area contributed by atoms with E-state index in [9.17, 15) is 9.59 Å². The fraction of sp³-hybridized carbons (Fsp3) is 0.556. The standard InChI is InChI=1S/C18H24N2O3/c1-19-17(22)15(14-6-4-3-5-7-14)12-18(19)8-10-20(11-9-18)13-16(21)23-2/h3-7,15H,8-13H2,1-2H3/t15-/m1/s1. The van der Waals surface area contributed by atoms with Crippen molar-refractivity contribution in [1.29, 1.82) is 0 Å². The quantitative estimate of drug-likeness (QED) is 0.796. The zero-order valence-corrected chi connectivity index (χ0v) is 13.8. The van der Waals surface area contributed by atoms with Gasteiger partial charge in [0.1, 0.15) is 0 Å². The molecule has 124 valence electrons. The third-order valence-corrected chi connectivity index (χ3v) is 5.49. The second kappa shape index (κ2) is 6.32. The van der Waals surface area contributed by atoms with Crippen LogP contribution in [0.3, 0.4) is 0 Å². The van der Waals surface area contributed by atoms with Crippen LogP contribution in [0, 0.1) is 0 Å². The minimum Gasteiger partial charge on any atom is -0.468 e. The number of methoxy groups -OCH3 is 1. The summed E-state index contributed by atoms with van der Waals surface area (Å²) in [5, 5.41) is 0. The normalized spacial score (nSPS) is 24.2. The van der Waals surface area contributed by atoms with E-state index < -0.39 is 0 Å². The highest BCUT2D eigenvalue weighted by atomic mass is 16.5. The number of nitrogens with zero attached hydrogens (tertiary/aromatic N) is 2. The average Bonchev–Trinajstić information content (AvgIpc) is 2.83. The molecule has 5 heteroatoms. The molecule has 1 aromatic rings. The lowest BCUT2D eigenvalue weighted by molar-refractivity contribution is -0.143. The largest absolute Gasteiger partial charge is 0.468 e. The van der Waals surface area contributed by atoms with E-state index in [1.54, 1.807) is 0 Å². The molecule has 0 bridgehead atoms. The Morgan fingerprint density at radius 3 is 2.52 bits per heavy atom. The molecule has 0 N–H and O–H groups in total. The van der Waals surface area contributed by atoms with Crippen molar-refractivity contribution in [2.24, 2.45) is 0 Å². The molecule has 5 nitrogen and oxygen atoms in total. The fourth-order valence-electron chi connectivity index (χ4n) is 3.93. The van der Waals surface area contributed by atoms with Crippen molar-refractivity contribution in [3.63, 3.8) is 0 Å². The summed E-state index contributed by atoms with van der Waals surface area (Å²) in [5.41, 5.74) is 1.04. The molecule has 3 rings (SSSR count). The molecule has 2 aliphatic heterocycles. The number of hydrogen-bond acceptors (Lipinski definition) is 4. The van der Waals surface area contributed by atoms with Crippen LogP contribution in [-0.4, -0.2) is 61.0 Å². The van der Waals surface area contributed by atoms with Crippen LogP contribution in [-0.2, 0) is 14.3 Å². The second-order valence-electron chi connectivity index (χ2n) is 6.64. The van der Waals surface area contributed by atoms with Crippen molar-refractivity contribution in [3.05, 3.63) is 35.9 Å². The molecule has 1 aromatic carbocycles. The Kier molecular flexibility index (Phi) is 4.39. The number of hydrogen-bond donors (Lipinski definition) is 0. The highest BCUT2D eigenvalue weighted by Crippen LogP contribution is 2.44. The Morgan fingerprint density at radius 1 is 1.26 bits per heavy atom. The van der Waals surface area contributed by atoms with Gasteiger partial charge in [0.15, 0.2) is 0 Å². The van der Waals surface area contributed by atoms with Crippen LogP contribution in [0.25, 0.3) is 0 Å². The molecule has 2 aliphatic rings. The van der Waals surface area contributed by atoms with Gasteiger partial charge in [0.25, 0.3) is 0 Å². The van der Waals surface area contributed by atoms with Crippen LogP contribution in [0.1, 0.15) is 30.7 Å². The molecular weight excluding hydrogens is 292 g/mol. The Morgan fingerprint density at radius 2 is 1.91 bits per heavy atom. The van der Waals surface area contributed by atoms with Gasteiger partial charge in [0.05, 0.1) is 19.6 Å². The van der Waals surface area contributed by atoms with Crippen molar-refractivity contribution in [3.8, 4) is 0 Å². The first-order valence-corrected chi connectivity index (χ1v) is 8.17. The Bertz CT molecular complexity index is 579. The van der Waals surface area contributed by atoms with Crippen LogP contribution >= 0.6 is 0 Å². The molecular formula is C18H24N2O3. The van der Waals surface area contributed by atoms with Gasteiger partial charge in [-0.15, -0.1) is 0 Å². The van der Waals surface area contributed by atoms with Gasteiger partial charge in [-0.2, -0.15) is 0 Å². The van der Waals surface area contributed by atoms with Gasteiger partial charge in [-0.25, -0.2) is 0 Å². The van der Waals surface area contributed by atoms with E-state index in [-0.39, 0.29) is 23.3 Å². The summed E-state index contributed by atoms with van der Waals surface area (Å²) in [6.45, 7) is 1.99. The summed E-state index contributed by atoms with van der Waals surface area (Å²) >= 11 is 0. The molecule has 0 aromatic heterocycles. The molecule has 1 amide bonds. The molecule has 0 unspecified atom stereocenters. The van der Waals surface area contributed by atoms with Crippen molar-refractivity contribution in [1.82, 2.24) is 9.80 Å². The fourth-order valence-corrected chi connectivity index (χ4v) is 3.93. The number of carbonyl (C=O) groups excluding carboxylic acids is 2. The molecule has 23 heavy (non-hydrogen) atoms. The maximum Gasteiger partial charge on any atom is 0.319 e. The zero-order chi connectivity index (χ0) is 16.4. The van der Waals surface area contributed by atoms with Gasteiger partial charge in [0.2, 0.25) is 5.91 Å². The average molecular weight is 316 g/mol. The summed E-state index contributed by atoms with van der Waals surface area (Å²) in [5.74, 6) is -0.00931. The number of carbonyl (C=O) groups is 2. The molecule has 0 aliphatic carbocycles. The van der Waals surface area contributed by atoms with E-state index in [1.165, 1.54) is 7.11 Å². The predicted octanol–water partition coefficient (Wildman–Crippen LogP) is 1.64. The van der Waals surface area contributed by atoms with Gasteiger partial charge in [0, 0.05) is 25.7 Å². The maximum atomic E-state index is 12.7. The number of likely N-dealkylation sites (N-methyl/N-ethyl adjacent to an activating group) is 1. The van der Waals surface area contributed by atoms with Gasteiger partial charge in [-0.05, 0) is 24.8 Å². The van der Waals surface area contributed by atoms with Gasteiger partial charge in [-0.1, -0.05) is 30.3 Å². The number of likely N-dealkylation sites (tertiary alicyclic amines) is 2. The first kappa shape index (κ1) is 16.0. The summed E-state index contributed by atoms with van der Waals surface area (Å²) in [7, 11) is 3.35. The van der Waals surface area contributed by atoms with E-state index in [1.807, 2.05) is 42.3 Å². The third kappa shape index (κ3) is 2.98. The number of amides is 1. The number of esters is 1. The van der Waals surface area contributed by atoms with Crippen molar-refractivity contribution in [2.45, 2.75) is 30.7 Å². The second-order valence-corrected chi connectivity index (χ2v) is 6.64. The summed E-state index contributed by atoms with van der Waals surface area (Å²) in [6, 6.07) is 10.1. The van der Waals surface area contributed by atoms with E-state index in [4.69, 9.17) is 4.74 Å². The Labute approximate surface area is 137 Å². The van der Waals surface area contributed by atoms with Crippen LogP contribution < -0.4 is 0 Å². The minimum atomic E-state index is -0.195. The Hall–Kier alpha value is -1.88. The third-order valence-electron chi connectivity index (χ3n) is 5.49. The summed E-state index contributed by atoms with van der Waals surface area (Å²) in [6.07, 6.45) is 2.70. The van der Waals surface area contributed by atoms with Gasteiger partial charge in [-0.3, -0.25) is 14.5 Å². The van der Waals surface area contributed by atoms with Gasteiger partial charge >= 0.3 is 5.97 Å². The van der Waals surface area contributed by atoms with Crippen molar-refractivity contribution >= 4 is 11.9 Å². The van der Waals surface area contributed by atoms with E-state index in [0.29, 0.717) is 6.54 Å². The zero-order valence-electron chi connectivity index (χ0n) is 13.8.